The molecule has 2 heterocycles. The molecule has 0 aliphatic rings. The fourth-order valence-corrected chi connectivity index (χ4v) is 3.68. The summed E-state index contributed by atoms with van der Waals surface area (Å²) in [6.45, 7) is 1.65. The SMILES string of the molecule is COC(=O)c1c(NC(=O)CCn2nccc2C(=O)O)sc(C(=O)N(C)C)c1C. The average Bonchev–Trinajstić information content (AvgIpc) is 3.23. The summed E-state index contributed by atoms with van der Waals surface area (Å²) in [5.41, 5.74) is 0.510. The van der Waals surface area contributed by atoms with Gasteiger partial charge < -0.3 is 20.1 Å². The first-order valence-electron chi connectivity index (χ1n) is 8.15. The number of thiophene rings is 1. The second kappa shape index (κ2) is 8.65. The number of ether oxygens (including phenoxy) is 1. The van der Waals surface area contributed by atoms with Gasteiger partial charge in [0.2, 0.25) is 5.91 Å². The minimum atomic E-state index is -1.15. The van der Waals surface area contributed by atoms with Gasteiger partial charge in [-0.25, -0.2) is 9.59 Å². The normalized spacial score (nSPS) is 10.4. The summed E-state index contributed by atoms with van der Waals surface area (Å²) in [5.74, 6) is -2.56. The summed E-state index contributed by atoms with van der Waals surface area (Å²) >= 11 is 0.985. The van der Waals surface area contributed by atoms with Crippen LogP contribution in [0.4, 0.5) is 5.00 Å². The van der Waals surface area contributed by atoms with Crippen molar-refractivity contribution >= 4 is 40.1 Å². The lowest BCUT2D eigenvalue weighted by Crippen LogP contribution is -2.21. The number of esters is 1. The van der Waals surface area contributed by atoms with Crippen LogP contribution >= 0.6 is 11.3 Å². The first-order chi connectivity index (χ1) is 13.2. The summed E-state index contributed by atoms with van der Waals surface area (Å²) in [6, 6.07) is 1.33. The number of nitrogens with zero attached hydrogens (tertiary/aromatic N) is 3. The highest BCUT2D eigenvalue weighted by Crippen LogP contribution is 2.34. The third-order valence-corrected chi connectivity index (χ3v) is 5.07. The average molecular weight is 408 g/mol. The van der Waals surface area contributed by atoms with E-state index in [-0.39, 0.29) is 35.1 Å². The van der Waals surface area contributed by atoms with Crippen LogP contribution in [-0.2, 0) is 16.1 Å². The molecule has 0 saturated carbocycles. The zero-order valence-corrected chi connectivity index (χ0v) is 16.6. The maximum atomic E-state index is 12.3. The molecule has 11 heteroatoms. The van der Waals surface area contributed by atoms with Gasteiger partial charge >= 0.3 is 11.9 Å². The quantitative estimate of drug-likeness (QED) is 0.663. The number of rotatable bonds is 7. The van der Waals surface area contributed by atoms with Gasteiger partial charge in [-0.15, -0.1) is 11.3 Å². The van der Waals surface area contributed by atoms with Gasteiger partial charge in [-0.2, -0.15) is 5.10 Å². The van der Waals surface area contributed by atoms with E-state index in [1.165, 1.54) is 29.0 Å². The zero-order chi connectivity index (χ0) is 21.0. The number of carboxylic acids is 1. The highest BCUT2D eigenvalue weighted by molar-refractivity contribution is 7.18. The van der Waals surface area contributed by atoms with Gasteiger partial charge in [0, 0.05) is 26.7 Å². The van der Waals surface area contributed by atoms with E-state index in [4.69, 9.17) is 9.84 Å². The van der Waals surface area contributed by atoms with Crippen LogP contribution in [0.5, 0.6) is 0 Å². The molecule has 10 nitrogen and oxygen atoms in total. The molecule has 0 aliphatic heterocycles. The van der Waals surface area contributed by atoms with Crippen LogP contribution in [0.3, 0.4) is 0 Å². The molecule has 0 radical (unpaired) electrons. The van der Waals surface area contributed by atoms with E-state index in [0.29, 0.717) is 10.4 Å². The van der Waals surface area contributed by atoms with Crippen LogP contribution in [0.2, 0.25) is 0 Å². The summed E-state index contributed by atoms with van der Waals surface area (Å²) in [7, 11) is 4.38. The molecule has 2 aromatic heterocycles. The molecule has 0 bridgehead atoms. The number of hydrogen-bond acceptors (Lipinski definition) is 7. The molecule has 0 aliphatic carbocycles. The molecule has 0 aromatic carbocycles. The molecule has 0 fully saturated rings. The Balaban J connectivity index is 2.22. The Hall–Kier alpha value is -3.21. The Labute approximate surface area is 164 Å². The van der Waals surface area contributed by atoms with E-state index in [2.05, 4.69) is 10.4 Å². The topological polar surface area (TPSA) is 131 Å². The van der Waals surface area contributed by atoms with Crippen LogP contribution in [0, 0.1) is 6.92 Å². The lowest BCUT2D eigenvalue weighted by atomic mass is 10.1. The summed E-state index contributed by atoms with van der Waals surface area (Å²) in [4.78, 5) is 49.6. The maximum Gasteiger partial charge on any atom is 0.354 e. The third kappa shape index (κ3) is 4.36. The van der Waals surface area contributed by atoms with E-state index in [0.717, 1.165) is 11.3 Å². The molecule has 2 rings (SSSR count). The first-order valence-corrected chi connectivity index (χ1v) is 8.97. The second-order valence-corrected chi connectivity index (χ2v) is 7.02. The van der Waals surface area contributed by atoms with Gasteiger partial charge in [0.25, 0.3) is 5.91 Å². The monoisotopic (exact) mass is 408 g/mol. The molecule has 0 atom stereocenters. The maximum absolute atomic E-state index is 12.3. The zero-order valence-electron chi connectivity index (χ0n) is 15.8. The molecule has 0 saturated heterocycles. The standard InChI is InChI=1S/C17H20N4O6S/c1-9-12(17(26)27-4)14(28-13(9)15(23)20(2)3)19-11(22)6-8-21-10(16(24)25)5-7-18-21/h5,7H,6,8H2,1-4H3,(H,19,22)(H,24,25). The van der Waals surface area contributed by atoms with Crippen molar-refractivity contribution in [2.45, 2.75) is 19.9 Å². The molecule has 150 valence electrons. The molecule has 2 aromatic rings. The molecular formula is C17H20N4O6S. The summed E-state index contributed by atoms with van der Waals surface area (Å²) < 4.78 is 5.96. The van der Waals surface area contributed by atoms with Crippen molar-refractivity contribution in [2.75, 3.05) is 26.5 Å². The smallest absolute Gasteiger partial charge is 0.354 e. The molecule has 2 N–H and O–H groups in total. The highest BCUT2D eigenvalue weighted by atomic mass is 32.1. The Bertz CT molecular complexity index is 930. The number of methoxy groups -OCH3 is 1. The number of aryl methyl sites for hydroxylation is 1. The van der Waals surface area contributed by atoms with Crippen LogP contribution < -0.4 is 5.32 Å². The van der Waals surface area contributed by atoms with Gasteiger partial charge in [0.1, 0.15) is 10.7 Å². The van der Waals surface area contributed by atoms with Gasteiger partial charge in [0.05, 0.1) is 24.1 Å². The fourth-order valence-electron chi connectivity index (χ4n) is 2.45. The third-order valence-electron chi connectivity index (χ3n) is 3.88. The number of carbonyl (C=O) groups excluding carboxylic acids is 3. The molecule has 28 heavy (non-hydrogen) atoms. The molecular weight excluding hydrogens is 388 g/mol. The second-order valence-electron chi connectivity index (χ2n) is 5.99. The predicted molar refractivity (Wildman–Crippen MR) is 101 cm³/mol. The van der Waals surface area contributed by atoms with Crippen molar-refractivity contribution in [1.82, 2.24) is 14.7 Å². The van der Waals surface area contributed by atoms with Crippen molar-refractivity contribution in [3.8, 4) is 0 Å². The lowest BCUT2D eigenvalue weighted by Gasteiger charge is -2.08. The lowest BCUT2D eigenvalue weighted by molar-refractivity contribution is -0.116. The Kier molecular flexibility index (Phi) is 6.52. The number of amides is 2. The van der Waals surface area contributed by atoms with Gasteiger partial charge in [0.15, 0.2) is 0 Å². The fraction of sp³-hybridized carbons (Fsp3) is 0.353. The van der Waals surface area contributed by atoms with Crippen LogP contribution in [0.1, 0.15) is 42.5 Å². The van der Waals surface area contributed by atoms with E-state index in [9.17, 15) is 19.2 Å². The number of carboxylic acid groups (broad SMARTS) is 1. The van der Waals surface area contributed by atoms with Crippen molar-refractivity contribution in [3.63, 3.8) is 0 Å². The number of anilines is 1. The van der Waals surface area contributed by atoms with E-state index >= 15 is 0 Å². The Morgan fingerprint density at radius 3 is 2.57 bits per heavy atom. The first kappa shape index (κ1) is 21.1. The van der Waals surface area contributed by atoms with Crippen LogP contribution in [-0.4, -0.2) is 64.7 Å². The van der Waals surface area contributed by atoms with E-state index in [1.807, 2.05) is 0 Å². The van der Waals surface area contributed by atoms with Crippen molar-refractivity contribution < 1.29 is 29.0 Å². The van der Waals surface area contributed by atoms with Crippen LogP contribution in [0.25, 0.3) is 0 Å². The van der Waals surface area contributed by atoms with Gasteiger partial charge in [-0.05, 0) is 18.6 Å². The number of aromatic carboxylic acids is 1. The van der Waals surface area contributed by atoms with Gasteiger partial charge in [-0.1, -0.05) is 0 Å². The molecule has 2 amide bonds. The molecule has 0 spiro atoms. The van der Waals surface area contributed by atoms with E-state index < -0.39 is 17.8 Å². The van der Waals surface area contributed by atoms with Crippen molar-refractivity contribution in [1.29, 1.82) is 0 Å². The largest absolute Gasteiger partial charge is 0.477 e. The number of nitrogens with one attached hydrogen (secondary N) is 1. The molecule has 0 unspecified atom stereocenters. The Morgan fingerprint density at radius 1 is 1.32 bits per heavy atom. The number of carbonyl (C=O) groups is 4. The van der Waals surface area contributed by atoms with Crippen molar-refractivity contribution in [2.24, 2.45) is 0 Å². The number of aromatic nitrogens is 2. The van der Waals surface area contributed by atoms with Crippen molar-refractivity contribution in [3.05, 3.63) is 34.0 Å². The minimum absolute atomic E-state index is 0.0334. The van der Waals surface area contributed by atoms with E-state index in [1.54, 1.807) is 21.0 Å². The summed E-state index contributed by atoms with van der Waals surface area (Å²) in [6.07, 6.45) is 1.26. The van der Waals surface area contributed by atoms with Crippen LogP contribution in [0.15, 0.2) is 12.3 Å². The summed E-state index contributed by atoms with van der Waals surface area (Å²) in [5, 5.41) is 15.8. The van der Waals surface area contributed by atoms with Gasteiger partial charge in [-0.3, -0.25) is 14.3 Å². The predicted octanol–water partition coefficient (Wildman–Crippen LogP) is 1.47. The Morgan fingerprint density at radius 2 is 2.00 bits per heavy atom. The minimum Gasteiger partial charge on any atom is -0.477 e. The highest BCUT2D eigenvalue weighted by Gasteiger charge is 2.27. The number of hydrogen-bond donors (Lipinski definition) is 2.